The van der Waals surface area contributed by atoms with Crippen LogP contribution in [-0.4, -0.2) is 95.3 Å². The summed E-state index contributed by atoms with van der Waals surface area (Å²) < 4.78 is 46.2. The molecule has 1 aromatic carbocycles. The molecule has 5 aliphatic rings. The number of aryl methyl sites for hydroxylation is 1. The molecule has 7 atom stereocenters. The fraction of sp³-hybridized carbons (Fsp3) is 0.659. The van der Waals surface area contributed by atoms with Gasteiger partial charge in [0.15, 0.2) is 0 Å². The minimum Gasteiger partial charge on any atom is -0.497 e. The first-order valence-corrected chi connectivity index (χ1v) is 21.8. The average Bonchev–Trinajstić information content (AvgIpc) is 4.02. The Kier molecular flexibility index (Phi) is 11.0. The summed E-state index contributed by atoms with van der Waals surface area (Å²) in [5.41, 5.74) is -1.17. The first-order chi connectivity index (χ1) is 27.0. The number of nitrogens with zero attached hydrogens (tertiary/aromatic N) is 3. The molecule has 7 rings (SSSR count). The van der Waals surface area contributed by atoms with Gasteiger partial charge in [-0.3, -0.25) is 19.1 Å². The largest absolute Gasteiger partial charge is 0.497 e. The highest BCUT2D eigenvalue weighted by atomic mass is 32.2. The predicted molar refractivity (Wildman–Crippen MR) is 211 cm³/mol. The molecular formula is C41H56N6O9S. The van der Waals surface area contributed by atoms with Gasteiger partial charge in [0.25, 0.3) is 5.91 Å². The van der Waals surface area contributed by atoms with Gasteiger partial charge in [-0.05, 0) is 82.3 Å². The molecule has 2 aliphatic heterocycles. The molecule has 3 saturated carbocycles. The van der Waals surface area contributed by atoms with Crippen molar-refractivity contribution in [3.8, 4) is 11.6 Å². The van der Waals surface area contributed by atoms with Crippen LogP contribution in [0.15, 0.2) is 30.9 Å². The van der Waals surface area contributed by atoms with E-state index in [1.54, 1.807) is 19.3 Å². The zero-order valence-electron chi connectivity index (χ0n) is 33.6. The first-order valence-electron chi connectivity index (χ1n) is 20.3. The Hall–Kier alpha value is -4.47. The van der Waals surface area contributed by atoms with E-state index in [9.17, 15) is 27.6 Å². The Morgan fingerprint density at radius 1 is 1.07 bits per heavy atom. The van der Waals surface area contributed by atoms with Crippen molar-refractivity contribution in [1.82, 2.24) is 30.2 Å². The van der Waals surface area contributed by atoms with Gasteiger partial charge in [-0.2, -0.15) is 0 Å². The zero-order chi connectivity index (χ0) is 40.9. The number of fused-ring (bicyclic) bond motifs is 5. The van der Waals surface area contributed by atoms with Crippen molar-refractivity contribution in [2.75, 3.05) is 13.7 Å². The number of aromatic nitrogens is 2. The van der Waals surface area contributed by atoms with Crippen molar-refractivity contribution in [2.24, 2.45) is 17.3 Å². The summed E-state index contributed by atoms with van der Waals surface area (Å²) in [6.45, 7) is 11.2. The molecule has 3 heterocycles. The second kappa shape index (κ2) is 15.4. The molecule has 7 unspecified atom stereocenters. The van der Waals surface area contributed by atoms with Crippen LogP contribution in [0, 0.1) is 17.3 Å². The van der Waals surface area contributed by atoms with Gasteiger partial charge in [0.05, 0.1) is 29.9 Å². The van der Waals surface area contributed by atoms with Crippen molar-refractivity contribution in [1.29, 1.82) is 0 Å². The van der Waals surface area contributed by atoms with E-state index in [4.69, 9.17) is 24.2 Å². The van der Waals surface area contributed by atoms with E-state index in [1.807, 2.05) is 39.8 Å². The summed E-state index contributed by atoms with van der Waals surface area (Å²) in [5, 5.41) is 5.13. The number of benzene rings is 1. The maximum atomic E-state index is 14.8. The number of ether oxygens (including phenoxy) is 3. The van der Waals surface area contributed by atoms with Crippen LogP contribution >= 0.6 is 0 Å². The highest BCUT2D eigenvalue weighted by Gasteiger charge is 2.55. The van der Waals surface area contributed by atoms with E-state index in [0.29, 0.717) is 60.5 Å². The standard InChI is InChI=1S/C41H56N6O9S/c1-7-24-13-11-19-41(24,37(50)46-57(52,53)28-16-17-28)45-34(48)32-21-27-23-47(32)36(49)33(39(2,3)4)44-38(51)56-40(5)22-25(40)12-9-8-10-14-30-35(55-27)43-31-20-26(54-6)15-18-29(31)42-30/h7,15,18,20,24-25,27-28,32-33H,1,8-14,16-17,19,21-23H2,2-6H3,(H,44,51)(H,45,48)(H,46,50). The monoisotopic (exact) mass is 808 g/mol. The normalized spacial score (nSPS) is 31.0. The zero-order valence-corrected chi connectivity index (χ0v) is 34.4. The molecule has 2 aromatic rings. The van der Waals surface area contributed by atoms with Gasteiger partial charge in [-0.1, -0.05) is 39.7 Å². The van der Waals surface area contributed by atoms with Gasteiger partial charge >= 0.3 is 6.09 Å². The number of nitrogens with one attached hydrogen (secondary N) is 3. The van der Waals surface area contributed by atoms with Gasteiger partial charge < -0.3 is 29.7 Å². The molecule has 1 saturated heterocycles. The lowest BCUT2D eigenvalue weighted by Gasteiger charge is -2.37. The molecule has 2 bridgehead atoms. The minimum absolute atomic E-state index is 0.0206. The van der Waals surface area contributed by atoms with Crippen molar-refractivity contribution in [3.05, 3.63) is 36.5 Å². The second-order valence-corrected chi connectivity index (χ2v) is 19.8. The summed E-state index contributed by atoms with van der Waals surface area (Å²) in [5.74, 6) is -1.46. The van der Waals surface area contributed by atoms with E-state index in [-0.39, 0.29) is 25.3 Å². The van der Waals surface area contributed by atoms with E-state index in [2.05, 4.69) is 21.9 Å². The fourth-order valence-electron chi connectivity index (χ4n) is 8.80. The topological polar surface area (TPSA) is 195 Å². The van der Waals surface area contributed by atoms with Crippen molar-refractivity contribution in [2.45, 2.75) is 139 Å². The highest BCUT2D eigenvalue weighted by molar-refractivity contribution is 7.91. The SMILES string of the molecule is C=CC1CCCC1(NC(=O)C1CC2CN1C(=O)C(C(C)(C)C)NC(=O)OC1(C)CC1CCCCCc1nc3ccc(OC)cc3nc1O2)C(=O)NS(=O)(=O)C1CC1. The van der Waals surface area contributed by atoms with Crippen LogP contribution < -0.4 is 24.8 Å². The molecule has 16 heteroatoms. The van der Waals surface area contributed by atoms with Crippen molar-refractivity contribution >= 4 is 44.9 Å². The molecule has 4 amide bonds. The Labute approximate surface area is 334 Å². The number of hydrogen-bond acceptors (Lipinski definition) is 11. The predicted octanol–water partition coefficient (Wildman–Crippen LogP) is 4.47. The second-order valence-electron chi connectivity index (χ2n) is 17.8. The van der Waals surface area contributed by atoms with Crippen LogP contribution in [0.25, 0.3) is 11.0 Å². The molecule has 1 aromatic heterocycles. The highest BCUT2D eigenvalue weighted by Crippen LogP contribution is 2.50. The number of amides is 4. The number of carbonyl (C=O) groups excluding carboxylic acids is 4. The van der Waals surface area contributed by atoms with E-state index in [0.717, 1.165) is 32.1 Å². The molecule has 3 N–H and O–H groups in total. The van der Waals surface area contributed by atoms with Gasteiger partial charge in [0.1, 0.15) is 40.8 Å². The molecule has 310 valence electrons. The van der Waals surface area contributed by atoms with E-state index in [1.165, 1.54) is 4.90 Å². The molecule has 4 fully saturated rings. The minimum atomic E-state index is -3.94. The lowest BCUT2D eigenvalue weighted by Crippen LogP contribution is -2.65. The Morgan fingerprint density at radius 2 is 1.84 bits per heavy atom. The number of alkyl carbamates (subject to hydrolysis) is 1. The van der Waals surface area contributed by atoms with Crippen LogP contribution in [0.5, 0.6) is 11.6 Å². The number of hydrogen-bond donors (Lipinski definition) is 3. The van der Waals surface area contributed by atoms with Crippen LogP contribution in [0.1, 0.15) is 104 Å². The third-order valence-electron chi connectivity index (χ3n) is 12.5. The number of rotatable bonds is 7. The summed E-state index contributed by atoms with van der Waals surface area (Å²) in [4.78, 5) is 68.2. The number of methoxy groups -OCH3 is 1. The summed E-state index contributed by atoms with van der Waals surface area (Å²) in [7, 11) is -2.37. The summed E-state index contributed by atoms with van der Waals surface area (Å²) in [6, 6.07) is 3.18. The third kappa shape index (κ3) is 8.42. The van der Waals surface area contributed by atoms with Crippen LogP contribution in [-0.2, 0) is 35.6 Å². The number of carbonyl (C=O) groups is 4. The van der Waals surface area contributed by atoms with Gasteiger partial charge in [0, 0.05) is 24.3 Å². The van der Waals surface area contributed by atoms with E-state index < -0.39 is 79.7 Å². The fourth-order valence-corrected chi connectivity index (χ4v) is 10.2. The molecule has 0 radical (unpaired) electrons. The van der Waals surface area contributed by atoms with Crippen LogP contribution in [0.2, 0.25) is 0 Å². The average molecular weight is 809 g/mol. The van der Waals surface area contributed by atoms with Crippen molar-refractivity contribution < 1.29 is 41.8 Å². The van der Waals surface area contributed by atoms with Gasteiger partial charge in [-0.15, -0.1) is 6.58 Å². The maximum absolute atomic E-state index is 14.8. The van der Waals surface area contributed by atoms with Crippen LogP contribution in [0.3, 0.4) is 0 Å². The molecule has 0 spiro atoms. The quantitative estimate of drug-likeness (QED) is 0.334. The van der Waals surface area contributed by atoms with Gasteiger partial charge in [-0.25, -0.2) is 23.2 Å². The lowest BCUT2D eigenvalue weighted by molar-refractivity contribution is -0.144. The summed E-state index contributed by atoms with van der Waals surface area (Å²) in [6.07, 6.45) is 7.17. The summed E-state index contributed by atoms with van der Waals surface area (Å²) >= 11 is 0. The molecule has 15 nitrogen and oxygen atoms in total. The van der Waals surface area contributed by atoms with Crippen molar-refractivity contribution in [3.63, 3.8) is 0 Å². The molecule has 57 heavy (non-hydrogen) atoms. The Balaban J connectivity index is 1.25. The Morgan fingerprint density at radius 3 is 2.54 bits per heavy atom. The molecule has 3 aliphatic carbocycles. The van der Waals surface area contributed by atoms with Crippen LogP contribution in [0.4, 0.5) is 4.79 Å². The number of sulfonamides is 1. The lowest BCUT2D eigenvalue weighted by atomic mass is 9.85. The van der Waals surface area contributed by atoms with E-state index >= 15 is 0 Å². The smallest absolute Gasteiger partial charge is 0.408 e. The molecular weight excluding hydrogens is 753 g/mol. The maximum Gasteiger partial charge on any atom is 0.408 e. The van der Waals surface area contributed by atoms with Gasteiger partial charge in [0.2, 0.25) is 27.7 Å². The Bertz CT molecular complexity index is 2050. The third-order valence-corrected chi connectivity index (χ3v) is 14.3. The first kappa shape index (κ1) is 40.7.